The van der Waals surface area contributed by atoms with Crippen molar-refractivity contribution in [2.24, 2.45) is 0 Å². The molecule has 0 spiro atoms. The van der Waals surface area contributed by atoms with Gasteiger partial charge in [0.05, 0.1) is 12.2 Å². The van der Waals surface area contributed by atoms with Gasteiger partial charge in [-0.1, -0.05) is 53.6 Å². The number of carbonyl (C=O) groups excluding carboxylic acids is 1. The molecule has 0 aliphatic rings. The Morgan fingerprint density at radius 1 is 1.00 bits per heavy atom. The third-order valence-electron chi connectivity index (χ3n) is 5.23. The van der Waals surface area contributed by atoms with E-state index in [-0.39, 0.29) is 18.8 Å². The van der Waals surface area contributed by atoms with Gasteiger partial charge in [-0.15, -0.1) is 0 Å². The Balaban J connectivity index is 1.72. The third-order valence-corrected chi connectivity index (χ3v) is 5.60. The van der Waals surface area contributed by atoms with Crippen LogP contribution in [0.3, 0.4) is 0 Å². The molecule has 0 saturated carbocycles. The molecule has 2 aromatic heterocycles. The highest BCUT2D eigenvalue weighted by Gasteiger charge is 2.21. The summed E-state index contributed by atoms with van der Waals surface area (Å²) in [5.41, 5.74) is 0.971. The van der Waals surface area contributed by atoms with Crippen LogP contribution in [0.1, 0.15) is 27.3 Å². The van der Waals surface area contributed by atoms with Crippen LogP contribution < -0.4 is 16.6 Å². The molecule has 2 heterocycles. The minimum absolute atomic E-state index is 0.0973. The van der Waals surface area contributed by atoms with Crippen LogP contribution in [-0.2, 0) is 13.0 Å². The first-order valence-corrected chi connectivity index (χ1v) is 11.0. The summed E-state index contributed by atoms with van der Waals surface area (Å²) in [6.45, 7) is 2.07. The maximum Gasteiger partial charge on any atom is 0.352 e. The lowest BCUT2D eigenvalue weighted by molar-refractivity contribution is 0.0944. The van der Waals surface area contributed by atoms with Crippen LogP contribution in [-0.4, -0.2) is 31.8 Å². The zero-order valence-corrected chi connectivity index (χ0v) is 19.2. The standard InChI is InChI=1S/C25H22ClN5O3/c1-17-9-11-20(12-10-17)31-25(34)30(16-18-6-2-3-8-21(18)26)24(33)22(29-31)23(32)28-15-13-19-7-4-5-14-27-19/h2-12,14H,13,15-16H2,1H3,(H,28,32). The molecule has 4 rings (SSSR count). The fourth-order valence-electron chi connectivity index (χ4n) is 3.38. The molecule has 9 heteroatoms. The van der Waals surface area contributed by atoms with E-state index in [2.05, 4.69) is 15.4 Å². The van der Waals surface area contributed by atoms with Crippen LogP contribution in [0.15, 0.2) is 82.5 Å². The van der Waals surface area contributed by atoms with E-state index in [9.17, 15) is 14.4 Å². The van der Waals surface area contributed by atoms with Gasteiger partial charge in [0.15, 0.2) is 0 Å². The number of rotatable bonds is 7. The minimum atomic E-state index is -0.788. The van der Waals surface area contributed by atoms with E-state index in [1.54, 1.807) is 42.6 Å². The van der Waals surface area contributed by atoms with Crippen molar-refractivity contribution in [2.45, 2.75) is 19.9 Å². The summed E-state index contributed by atoms with van der Waals surface area (Å²) < 4.78 is 2.03. The van der Waals surface area contributed by atoms with E-state index >= 15 is 0 Å². The van der Waals surface area contributed by atoms with Gasteiger partial charge in [-0.05, 0) is 42.8 Å². The molecule has 0 bridgehead atoms. The number of carbonyl (C=O) groups is 1. The van der Waals surface area contributed by atoms with E-state index in [0.29, 0.717) is 22.7 Å². The number of amides is 1. The van der Waals surface area contributed by atoms with Gasteiger partial charge >= 0.3 is 5.69 Å². The number of aryl methyl sites for hydroxylation is 1. The third kappa shape index (κ3) is 5.13. The number of nitrogens with one attached hydrogen (secondary N) is 1. The smallest absolute Gasteiger partial charge is 0.350 e. The van der Waals surface area contributed by atoms with Gasteiger partial charge in [-0.25, -0.2) is 4.79 Å². The highest BCUT2D eigenvalue weighted by atomic mass is 35.5. The monoisotopic (exact) mass is 475 g/mol. The fourth-order valence-corrected chi connectivity index (χ4v) is 3.58. The Hall–Kier alpha value is -4.04. The first kappa shape index (κ1) is 23.1. The molecule has 2 aromatic carbocycles. The number of benzene rings is 2. The number of halogens is 1. The van der Waals surface area contributed by atoms with Crippen molar-refractivity contribution in [3.63, 3.8) is 0 Å². The molecule has 1 amide bonds. The topological polar surface area (TPSA) is 98.9 Å². The molecule has 0 atom stereocenters. The Bertz CT molecular complexity index is 1430. The second-order valence-corrected chi connectivity index (χ2v) is 8.10. The normalized spacial score (nSPS) is 10.8. The lowest BCUT2D eigenvalue weighted by Gasteiger charge is -2.13. The fraction of sp³-hybridized carbons (Fsp3) is 0.160. The van der Waals surface area contributed by atoms with Crippen LogP contribution in [0.2, 0.25) is 5.02 Å². The zero-order chi connectivity index (χ0) is 24.1. The molecule has 172 valence electrons. The Labute approximate surface area is 200 Å². The summed E-state index contributed by atoms with van der Waals surface area (Å²) in [5, 5.41) is 7.24. The number of hydrogen-bond donors (Lipinski definition) is 1. The van der Waals surface area contributed by atoms with Crippen LogP contribution in [0.5, 0.6) is 0 Å². The summed E-state index contributed by atoms with van der Waals surface area (Å²) in [7, 11) is 0. The second-order valence-electron chi connectivity index (χ2n) is 7.69. The predicted molar refractivity (Wildman–Crippen MR) is 130 cm³/mol. The zero-order valence-electron chi connectivity index (χ0n) is 18.4. The predicted octanol–water partition coefficient (Wildman–Crippen LogP) is 2.77. The Morgan fingerprint density at radius 3 is 2.44 bits per heavy atom. The maximum absolute atomic E-state index is 13.2. The molecule has 0 aliphatic heterocycles. The summed E-state index contributed by atoms with van der Waals surface area (Å²) in [6, 6.07) is 19.5. The first-order valence-electron chi connectivity index (χ1n) is 10.7. The average molecular weight is 476 g/mol. The van der Waals surface area contributed by atoms with Gasteiger partial charge in [0, 0.05) is 29.9 Å². The average Bonchev–Trinajstić information content (AvgIpc) is 2.84. The lowest BCUT2D eigenvalue weighted by atomic mass is 10.2. The molecular formula is C25H22ClN5O3. The van der Waals surface area contributed by atoms with Crippen molar-refractivity contribution in [1.29, 1.82) is 0 Å². The number of aromatic nitrogens is 4. The van der Waals surface area contributed by atoms with Gasteiger partial charge in [-0.3, -0.25) is 19.1 Å². The molecule has 34 heavy (non-hydrogen) atoms. The van der Waals surface area contributed by atoms with Gasteiger partial charge in [0.2, 0.25) is 5.69 Å². The molecular weight excluding hydrogens is 454 g/mol. The van der Waals surface area contributed by atoms with Gasteiger partial charge in [-0.2, -0.15) is 9.78 Å². The summed E-state index contributed by atoms with van der Waals surface area (Å²) in [6.07, 6.45) is 2.15. The SMILES string of the molecule is Cc1ccc(-n2nc(C(=O)NCCc3ccccn3)c(=O)n(Cc3ccccc3Cl)c2=O)cc1. The van der Waals surface area contributed by atoms with Crippen molar-refractivity contribution in [3.05, 3.63) is 121 Å². The molecule has 1 N–H and O–H groups in total. The largest absolute Gasteiger partial charge is 0.352 e. The van der Waals surface area contributed by atoms with Crippen molar-refractivity contribution in [3.8, 4) is 5.69 Å². The maximum atomic E-state index is 13.2. The summed E-state index contributed by atoms with van der Waals surface area (Å²) in [5.74, 6) is -0.672. The van der Waals surface area contributed by atoms with Crippen molar-refractivity contribution < 1.29 is 4.79 Å². The van der Waals surface area contributed by atoms with E-state index in [1.807, 2.05) is 37.3 Å². The number of nitrogens with zero attached hydrogens (tertiary/aromatic N) is 4. The highest BCUT2D eigenvalue weighted by Crippen LogP contribution is 2.15. The Kier molecular flexibility index (Phi) is 6.98. The second kappa shape index (κ2) is 10.3. The van der Waals surface area contributed by atoms with Crippen LogP contribution >= 0.6 is 11.6 Å². The Morgan fingerprint density at radius 2 is 1.74 bits per heavy atom. The molecule has 0 unspecified atom stereocenters. The molecule has 0 fully saturated rings. The lowest BCUT2D eigenvalue weighted by Crippen LogP contribution is -2.46. The van der Waals surface area contributed by atoms with E-state index in [4.69, 9.17) is 11.6 Å². The number of hydrogen-bond acceptors (Lipinski definition) is 5. The van der Waals surface area contributed by atoms with Gasteiger partial charge < -0.3 is 5.32 Å². The van der Waals surface area contributed by atoms with Crippen molar-refractivity contribution in [1.82, 2.24) is 24.6 Å². The van der Waals surface area contributed by atoms with Crippen molar-refractivity contribution >= 4 is 17.5 Å². The summed E-state index contributed by atoms with van der Waals surface area (Å²) >= 11 is 6.26. The highest BCUT2D eigenvalue weighted by molar-refractivity contribution is 6.31. The molecule has 4 aromatic rings. The first-order chi connectivity index (χ1) is 16.4. The molecule has 0 radical (unpaired) electrons. The molecule has 0 saturated heterocycles. The quantitative estimate of drug-likeness (QED) is 0.443. The van der Waals surface area contributed by atoms with Crippen LogP contribution in [0, 0.1) is 6.92 Å². The van der Waals surface area contributed by atoms with Crippen LogP contribution in [0.4, 0.5) is 0 Å². The van der Waals surface area contributed by atoms with E-state index in [0.717, 1.165) is 20.5 Å². The number of pyridine rings is 1. The van der Waals surface area contributed by atoms with Gasteiger partial charge in [0.25, 0.3) is 11.5 Å². The minimum Gasteiger partial charge on any atom is -0.350 e. The molecule has 8 nitrogen and oxygen atoms in total. The van der Waals surface area contributed by atoms with Gasteiger partial charge in [0.1, 0.15) is 0 Å². The van der Waals surface area contributed by atoms with Crippen LogP contribution in [0.25, 0.3) is 5.69 Å². The van der Waals surface area contributed by atoms with Crippen molar-refractivity contribution in [2.75, 3.05) is 6.54 Å². The van der Waals surface area contributed by atoms with E-state index in [1.165, 1.54) is 0 Å². The molecule has 0 aliphatic carbocycles. The van der Waals surface area contributed by atoms with E-state index < -0.39 is 17.2 Å². The summed E-state index contributed by atoms with van der Waals surface area (Å²) in [4.78, 5) is 43.6.